The van der Waals surface area contributed by atoms with E-state index in [0.29, 0.717) is 23.9 Å². The number of carbonyl (C=O) groups is 3. The predicted molar refractivity (Wildman–Crippen MR) is 136 cm³/mol. The highest BCUT2D eigenvalue weighted by molar-refractivity contribution is 5.94. The number of alkyl carbamates (subject to hydrolysis) is 1. The Morgan fingerprint density at radius 2 is 1.51 bits per heavy atom. The molecule has 190 valence electrons. The highest BCUT2D eigenvalue weighted by Gasteiger charge is 2.16. The lowest BCUT2D eigenvalue weighted by Gasteiger charge is -2.19. The summed E-state index contributed by atoms with van der Waals surface area (Å²) in [6, 6.07) is 14.9. The van der Waals surface area contributed by atoms with Crippen LogP contribution in [0.25, 0.3) is 0 Å². The highest BCUT2D eigenvalue weighted by Crippen LogP contribution is 2.20. The van der Waals surface area contributed by atoms with Crippen molar-refractivity contribution in [3.63, 3.8) is 0 Å². The van der Waals surface area contributed by atoms with Crippen LogP contribution in [-0.4, -0.2) is 36.2 Å². The molecule has 1 unspecified atom stereocenters. The summed E-state index contributed by atoms with van der Waals surface area (Å²) in [6.07, 6.45) is -1.06. The van der Waals surface area contributed by atoms with E-state index in [2.05, 4.69) is 29.8 Å². The summed E-state index contributed by atoms with van der Waals surface area (Å²) in [6.45, 7) is 11.8. The van der Waals surface area contributed by atoms with Crippen LogP contribution in [0, 0.1) is 0 Å². The minimum absolute atomic E-state index is 0.144. The van der Waals surface area contributed by atoms with E-state index >= 15 is 0 Å². The van der Waals surface area contributed by atoms with Crippen molar-refractivity contribution in [3.05, 3.63) is 59.7 Å². The zero-order valence-electron chi connectivity index (χ0n) is 21.4. The minimum atomic E-state index is -0.659. The number of rotatable bonds is 10. The lowest BCUT2D eigenvalue weighted by Crippen LogP contribution is -2.35. The first kappa shape index (κ1) is 27.7. The fourth-order valence-corrected chi connectivity index (χ4v) is 3.02. The average molecular weight is 484 g/mol. The third-order valence-corrected chi connectivity index (χ3v) is 4.96. The average Bonchev–Trinajstić information content (AvgIpc) is 2.77. The molecule has 1 atom stereocenters. The molecule has 3 N–H and O–H groups in total. The third kappa shape index (κ3) is 10.5. The smallest absolute Gasteiger partial charge is 0.407 e. The molecule has 0 aliphatic rings. The fraction of sp³-hybridized carbons (Fsp3) is 0.444. The number of benzene rings is 2. The zero-order chi connectivity index (χ0) is 26.0. The molecule has 0 aliphatic carbocycles. The molecule has 8 heteroatoms. The van der Waals surface area contributed by atoms with Gasteiger partial charge in [0, 0.05) is 25.2 Å². The lowest BCUT2D eigenvalue weighted by atomic mass is 10.0. The van der Waals surface area contributed by atoms with Gasteiger partial charge in [-0.05, 0) is 69.0 Å². The molecular weight excluding hydrogens is 446 g/mol. The van der Waals surface area contributed by atoms with Gasteiger partial charge in [0.15, 0.2) is 6.10 Å². The van der Waals surface area contributed by atoms with Crippen molar-refractivity contribution < 1.29 is 23.9 Å². The van der Waals surface area contributed by atoms with Gasteiger partial charge in [-0.2, -0.15) is 0 Å². The van der Waals surface area contributed by atoms with Crippen molar-refractivity contribution in [1.82, 2.24) is 10.6 Å². The van der Waals surface area contributed by atoms with E-state index in [9.17, 15) is 14.4 Å². The van der Waals surface area contributed by atoms with Crippen molar-refractivity contribution in [2.75, 3.05) is 11.9 Å². The molecule has 2 aromatic carbocycles. The van der Waals surface area contributed by atoms with Crippen LogP contribution < -0.4 is 20.7 Å². The summed E-state index contributed by atoms with van der Waals surface area (Å²) in [7, 11) is 0. The van der Waals surface area contributed by atoms with E-state index in [1.54, 1.807) is 39.8 Å². The summed E-state index contributed by atoms with van der Waals surface area (Å²) in [4.78, 5) is 36.1. The lowest BCUT2D eigenvalue weighted by molar-refractivity contribution is -0.122. The summed E-state index contributed by atoms with van der Waals surface area (Å²) in [5.74, 6) is 0.633. The second-order valence-corrected chi connectivity index (χ2v) is 9.63. The molecule has 2 rings (SSSR count). The number of ether oxygens (including phenoxy) is 2. The van der Waals surface area contributed by atoms with E-state index in [4.69, 9.17) is 9.47 Å². The van der Waals surface area contributed by atoms with Crippen molar-refractivity contribution >= 4 is 23.6 Å². The van der Waals surface area contributed by atoms with Crippen LogP contribution in [0.1, 0.15) is 65.0 Å². The Hall–Kier alpha value is -3.55. The third-order valence-electron chi connectivity index (χ3n) is 4.96. The van der Waals surface area contributed by atoms with Crippen molar-refractivity contribution in [2.45, 2.75) is 72.1 Å². The second-order valence-electron chi connectivity index (χ2n) is 9.63. The van der Waals surface area contributed by atoms with Gasteiger partial charge in [0.05, 0.1) is 0 Å². The van der Waals surface area contributed by atoms with Gasteiger partial charge >= 0.3 is 6.09 Å². The van der Waals surface area contributed by atoms with Crippen LogP contribution in [0.15, 0.2) is 48.5 Å². The zero-order valence-corrected chi connectivity index (χ0v) is 21.4. The molecule has 0 bridgehead atoms. The SMILES string of the molecule is CC(Oc1ccc(C(C)C)cc1)C(=O)Nc1ccc(CNC(=O)CCNC(=O)OC(C)(C)C)cc1. The van der Waals surface area contributed by atoms with Crippen LogP contribution in [-0.2, 0) is 20.9 Å². The van der Waals surface area contributed by atoms with Gasteiger partial charge in [-0.3, -0.25) is 9.59 Å². The number of hydrogen-bond donors (Lipinski definition) is 3. The van der Waals surface area contributed by atoms with Crippen LogP contribution in [0.3, 0.4) is 0 Å². The molecule has 0 aromatic heterocycles. The van der Waals surface area contributed by atoms with Gasteiger partial charge in [0.1, 0.15) is 11.4 Å². The van der Waals surface area contributed by atoms with E-state index in [1.165, 1.54) is 5.56 Å². The first-order valence-corrected chi connectivity index (χ1v) is 11.8. The van der Waals surface area contributed by atoms with Crippen molar-refractivity contribution in [3.8, 4) is 5.75 Å². The maximum atomic E-state index is 12.5. The number of carbonyl (C=O) groups excluding carboxylic acids is 3. The maximum Gasteiger partial charge on any atom is 0.407 e. The Bertz CT molecular complexity index is 979. The van der Waals surface area contributed by atoms with Gasteiger partial charge in [-0.15, -0.1) is 0 Å². The topological polar surface area (TPSA) is 106 Å². The minimum Gasteiger partial charge on any atom is -0.481 e. The molecule has 3 amide bonds. The Labute approximate surface area is 207 Å². The number of anilines is 1. The molecule has 0 aliphatic heterocycles. The molecule has 0 saturated carbocycles. The molecule has 8 nitrogen and oxygen atoms in total. The van der Waals surface area contributed by atoms with Crippen LogP contribution in [0.4, 0.5) is 10.5 Å². The van der Waals surface area contributed by atoms with Gasteiger partial charge in [0.25, 0.3) is 5.91 Å². The number of hydrogen-bond acceptors (Lipinski definition) is 5. The Balaban J connectivity index is 1.73. The highest BCUT2D eigenvalue weighted by atomic mass is 16.6. The van der Waals surface area contributed by atoms with Gasteiger partial charge in [-0.1, -0.05) is 38.1 Å². The Morgan fingerprint density at radius 1 is 0.886 bits per heavy atom. The summed E-state index contributed by atoms with van der Waals surface area (Å²) < 4.78 is 10.9. The van der Waals surface area contributed by atoms with Gasteiger partial charge < -0.3 is 25.4 Å². The Morgan fingerprint density at radius 3 is 2.09 bits per heavy atom. The summed E-state index contributed by atoms with van der Waals surface area (Å²) >= 11 is 0. The summed E-state index contributed by atoms with van der Waals surface area (Å²) in [5.41, 5.74) is 2.15. The van der Waals surface area contributed by atoms with E-state index in [-0.39, 0.29) is 24.8 Å². The standard InChI is InChI=1S/C27H37N3O5/c1-18(2)21-9-13-23(14-10-21)34-19(3)25(32)30-22-11-7-20(8-12-22)17-29-24(31)15-16-28-26(33)35-27(4,5)6/h7-14,18-19H,15-17H2,1-6H3,(H,28,33)(H,29,31)(H,30,32). The predicted octanol–water partition coefficient (Wildman–Crippen LogP) is 4.75. The summed E-state index contributed by atoms with van der Waals surface area (Å²) in [5, 5.41) is 8.19. The maximum absolute atomic E-state index is 12.5. The molecular formula is C27H37N3O5. The van der Waals surface area contributed by atoms with E-state index < -0.39 is 17.8 Å². The number of amides is 3. The monoisotopic (exact) mass is 483 g/mol. The van der Waals surface area contributed by atoms with Crippen LogP contribution >= 0.6 is 0 Å². The second kappa shape index (κ2) is 12.8. The van der Waals surface area contributed by atoms with E-state index in [0.717, 1.165) is 5.56 Å². The normalized spacial score (nSPS) is 12.0. The number of nitrogens with one attached hydrogen (secondary N) is 3. The molecule has 0 saturated heterocycles. The largest absolute Gasteiger partial charge is 0.481 e. The van der Waals surface area contributed by atoms with Gasteiger partial charge in [-0.25, -0.2) is 4.79 Å². The quantitative estimate of drug-likeness (QED) is 0.452. The van der Waals surface area contributed by atoms with Gasteiger partial charge in [0.2, 0.25) is 5.91 Å². The van der Waals surface area contributed by atoms with Crippen molar-refractivity contribution in [1.29, 1.82) is 0 Å². The molecule has 0 heterocycles. The van der Waals surface area contributed by atoms with Crippen LogP contribution in [0.5, 0.6) is 5.75 Å². The molecule has 0 spiro atoms. The molecule has 2 aromatic rings. The van der Waals surface area contributed by atoms with Crippen LogP contribution in [0.2, 0.25) is 0 Å². The fourth-order valence-electron chi connectivity index (χ4n) is 3.02. The molecule has 0 fully saturated rings. The van der Waals surface area contributed by atoms with Crippen molar-refractivity contribution in [2.24, 2.45) is 0 Å². The molecule has 35 heavy (non-hydrogen) atoms. The Kier molecular flexibility index (Phi) is 10.1. The first-order valence-electron chi connectivity index (χ1n) is 11.8. The van der Waals surface area contributed by atoms with E-state index in [1.807, 2.05) is 36.4 Å². The first-order chi connectivity index (χ1) is 16.4. The molecule has 0 radical (unpaired) electrons.